The van der Waals surface area contributed by atoms with Gasteiger partial charge in [0.15, 0.2) is 0 Å². The number of pyridine rings is 1. The molecule has 0 fully saturated rings. The summed E-state index contributed by atoms with van der Waals surface area (Å²) in [6.45, 7) is 2.04. The quantitative estimate of drug-likeness (QED) is 0.751. The molecule has 0 unspecified atom stereocenters. The van der Waals surface area contributed by atoms with Gasteiger partial charge in [-0.15, -0.1) is 0 Å². The van der Waals surface area contributed by atoms with Crippen LogP contribution in [0, 0.1) is 6.92 Å². The van der Waals surface area contributed by atoms with Crippen LogP contribution in [0.15, 0.2) is 30.6 Å². The molecule has 2 aromatic rings. The van der Waals surface area contributed by atoms with Crippen LogP contribution in [-0.2, 0) is 6.42 Å². The summed E-state index contributed by atoms with van der Waals surface area (Å²) in [4.78, 5) is 4.25. The van der Waals surface area contributed by atoms with Gasteiger partial charge in [-0.05, 0) is 24.6 Å². The Kier molecular flexibility index (Phi) is 2.08. The first-order chi connectivity index (χ1) is 6.36. The van der Waals surface area contributed by atoms with Crippen molar-refractivity contribution in [1.29, 1.82) is 0 Å². The normalized spacial score (nSPS) is 10.2. The van der Waals surface area contributed by atoms with Gasteiger partial charge in [0.05, 0.1) is 6.20 Å². The Labute approximate surface area is 76.8 Å². The molecule has 0 saturated heterocycles. The lowest BCUT2D eigenvalue weighted by Gasteiger charge is -1.97. The van der Waals surface area contributed by atoms with Crippen molar-refractivity contribution in [2.75, 3.05) is 0 Å². The standard InChI is InChI=1S/C10H11N3/c1-8-7-12-13-10(8)6-9-4-2-3-5-11-9/h2-5,7H,6H2,1H3,(H,12,13). The molecule has 2 heterocycles. The number of aromatic amines is 1. The predicted molar refractivity (Wildman–Crippen MR) is 50.4 cm³/mol. The molecule has 13 heavy (non-hydrogen) atoms. The van der Waals surface area contributed by atoms with E-state index >= 15 is 0 Å². The third-order valence-electron chi connectivity index (χ3n) is 2.02. The van der Waals surface area contributed by atoms with Crippen molar-refractivity contribution in [2.45, 2.75) is 13.3 Å². The summed E-state index contributed by atoms with van der Waals surface area (Å²) < 4.78 is 0. The minimum Gasteiger partial charge on any atom is -0.282 e. The van der Waals surface area contributed by atoms with E-state index in [4.69, 9.17) is 0 Å². The van der Waals surface area contributed by atoms with E-state index in [1.165, 1.54) is 5.56 Å². The van der Waals surface area contributed by atoms with E-state index in [1.807, 2.05) is 31.3 Å². The second kappa shape index (κ2) is 3.39. The first-order valence-electron chi connectivity index (χ1n) is 4.25. The van der Waals surface area contributed by atoms with Crippen molar-refractivity contribution in [2.24, 2.45) is 0 Å². The summed E-state index contributed by atoms with van der Waals surface area (Å²) in [6.07, 6.45) is 4.46. The highest BCUT2D eigenvalue weighted by molar-refractivity contribution is 5.20. The third-order valence-corrected chi connectivity index (χ3v) is 2.02. The highest BCUT2D eigenvalue weighted by atomic mass is 15.1. The fourth-order valence-electron chi connectivity index (χ4n) is 1.24. The average Bonchev–Trinajstić information content (AvgIpc) is 2.54. The number of hydrogen-bond acceptors (Lipinski definition) is 2. The largest absolute Gasteiger partial charge is 0.282 e. The van der Waals surface area contributed by atoms with Gasteiger partial charge in [-0.1, -0.05) is 6.07 Å². The number of aromatic nitrogens is 3. The molecule has 2 rings (SSSR count). The molecule has 3 nitrogen and oxygen atoms in total. The van der Waals surface area contributed by atoms with Crippen molar-refractivity contribution in [1.82, 2.24) is 15.2 Å². The Morgan fingerprint density at radius 1 is 1.38 bits per heavy atom. The Morgan fingerprint density at radius 2 is 2.31 bits per heavy atom. The molecular formula is C10H11N3. The first-order valence-corrected chi connectivity index (χ1v) is 4.25. The summed E-state index contributed by atoms with van der Waals surface area (Å²) >= 11 is 0. The maximum atomic E-state index is 4.25. The molecule has 0 bridgehead atoms. The van der Waals surface area contributed by atoms with E-state index in [0.29, 0.717) is 0 Å². The van der Waals surface area contributed by atoms with Crippen LogP contribution in [0.25, 0.3) is 0 Å². The Hall–Kier alpha value is -1.64. The molecule has 0 radical (unpaired) electrons. The summed E-state index contributed by atoms with van der Waals surface area (Å²) in [5, 5.41) is 6.93. The van der Waals surface area contributed by atoms with E-state index in [-0.39, 0.29) is 0 Å². The van der Waals surface area contributed by atoms with Gasteiger partial charge in [0.25, 0.3) is 0 Å². The van der Waals surface area contributed by atoms with Crippen LogP contribution in [0.5, 0.6) is 0 Å². The smallest absolute Gasteiger partial charge is 0.0519 e. The Balaban J connectivity index is 2.20. The third kappa shape index (κ3) is 1.75. The SMILES string of the molecule is Cc1cn[nH]c1Cc1ccccn1. The van der Waals surface area contributed by atoms with E-state index in [9.17, 15) is 0 Å². The molecule has 0 saturated carbocycles. The van der Waals surface area contributed by atoms with Crippen molar-refractivity contribution in [3.8, 4) is 0 Å². The number of H-pyrrole nitrogens is 1. The molecule has 0 aromatic carbocycles. The number of hydrogen-bond donors (Lipinski definition) is 1. The summed E-state index contributed by atoms with van der Waals surface area (Å²) in [5.41, 5.74) is 3.39. The van der Waals surface area contributed by atoms with Gasteiger partial charge in [0, 0.05) is 24.0 Å². The number of nitrogens with one attached hydrogen (secondary N) is 1. The van der Waals surface area contributed by atoms with E-state index < -0.39 is 0 Å². The van der Waals surface area contributed by atoms with Gasteiger partial charge in [-0.3, -0.25) is 10.1 Å². The maximum absolute atomic E-state index is 4.25. The second-order valence-corrected chi connectivity index (χ2v) is 3.03. The molecule has 0 aliphatic rings. The van der Waals surface area contributed by atoms with Gasteiger partial charge >= 0.3 is 0 Å². The number of aryl methyl sites for hydroxylation is 1. The lowest BCUT2D eigenvalue weighted by atomic mass is 10.1. The molecule has 0 atom stereocenters. The van der Waals surface area contributed by atoms with Crippen molar-refractivity contribution >= 4 is 0 Å². The zero-order valence-corrected chi connectivity index (χ0v) is 7.49. The van der Waals surface area contributed by atoms with Crippen LogP contribution < -0.4 is 0 Å². The second-order valence-electron chi connectivity index (χ2n) is 3.03. The minimum atomic E-state index is 0.826. The highest BCUT2D eigenvalue weighted by Crippen LogP contribution is 2.07. The maximum Gasteiger partial charge on any atom is 0.0519 e. The minimum absolute atomic E-state index is 0.826. The summed E-state index contributed by atoms with van der Waals surface area (Å²) in [6, 6.07) is 5.93. The van der Waals surface area contributed by atoms with Gasteiger partial charge in [0.1, 0.15) is 0 Å². The van der Waals surface area contributed by atoms with Crippen LogP contribution in [0.2, 0.25) is 0 Å². The monoisotopic (exact) mass is 173 g/mol. The topological polar surface area (TPSA) is 41.6 Å². The van der Waals surface area contributed by atoms with Crippen LogP contribution in [0.4, 0.5) is 0 Å². The van der Waals surface area contributed by atoms with Gasteiger partial charge < -0.3 is 0 Å². The zero-order valence-electron chi connectivity index (χ0n) is 7.49. The van der Waals surface area contributed by atoms with E-state index in [0.717, 1.165) is 17.8 Å². The van der Waals surface area contributed by atoms with Gasteiger partial charge in [-0.25, -0.2) is 0 Å². The van der Waals surface area contributed by atoms with E-state index in [2.05, 4.69) is 15.2 Å². The molecule has 1 N–H and O–H groups in total. The lowest BCUT2D eigenvalue weighted by molar-refractivity contribution is 0.962. The Bertz CT molecular complexity index is 378. The highest BCUT2D eigenvalue weighted by Gasteiger charge is 2.01. The van der Waals surface area contributed by atoms with Gasteiger partial charge in [0.2, 0.25) is 0 Å². The molecule has 3 heteroatoms. The fourth-order valence-corrected chi connectivity index (χ4v) is 1.24. The van der Waals surface area contributed by atoms with Crippen molar-refractivity contribution in [3.63, 3.8) is 0 Å². The summed E-state index contributed by atoms with van der Waals surface area (Å²) in [5.74, 6) is 0. The number of rotatable bonds is 2. The molecule has 0 spiro atoms. The van der Waals surface area contributed by atoms with Crippen molar-refractivity contribution in [3.05, 3.63) is 47.5 Å². The molecule has 0 amide bonds. The van der Waals surface area contributed by atoms with Crippen LogP contribution in [0.3, 0.4) is 0 Å². The van der Waals surface area contributed by atoms with Crippen LogP contribution >= 0.6 is 0 Å². The first kappa shape index (κ1) is 7.98. The van der Waals surface area contributed by atoms with Crippen LogP contribution in [0.1, 0.15) is 17.0 Å². The van der Waals surface area contributed by atoms with Crippen LogP contribution in [-0.4, -0.2) is 15.2 Å². The van der Waals surface area contributed by atoms with Gasteiger partial charge in [-0.2, -0.15) is 5.10 Å². The average molecular weight is 173 g/mol. The zero-order chi connectivity index (χ0) is 9.10. The molecular weight excluding hydrogens is 162 g/mol. The predicted octanol–water partition coefficient (Wildman–Crippen LogP) is 1.70. The molecule has 2 aromatic heterocycles. The molecule has 66 valence electrons. The van der Waals surface area contributed by atoms with Crippen molar-refractivity contribution < 1.29 is 0 Å². The van der Waals surface area contributed by atoms with E-state index in [1.54, 1.807) is 6.20 Å². The molecule has 0 aliphatic heterocycles. The Morgan fingerprint density at radius 3 is 2.92 bits per heavy atom. The summed E-state index contributed by atoms with van der Waals surface area (Å²) in [7, 11) is 0. The lowest BCUT2D eigenvalue weighted by Crippen LogP contribution is -1.93. The number of nitrogens with zero attached hydrogens (tertiary/aromatic N) is 2. The fraction of sp³-hybridized carbons (Fsp3) is 0.200. The molecule has 0 aliphatic carbocycles.